The highest BCUT2D eigenvalue weighted by Gasteiger charge is 2.30. The molecule has 8 nitrogen and oxygen atoms in total. The zero-order valence-corrected chi connectivity index (χ0v) is 13.5. The third-order valence-corrected chi connectivity index (χ3v) is 3.74. The van der Waals surface area contributed by atoms with Gasteiger partial charge in [0.1, 0.15) is 11.6 Å². The first-order chi connectivity index (χ1) is 11.4. The van der Waals surface area contributed by atoms with Gasteiger partial charge in [0.2, 0.25) is 0 Å². The predicted octanol–water partition coefficient (Wildman–Crippen LogP) is 1.09. The molecule has 1 aliphatic heterocycles. The summed E-state index contributed by atoms with van der Waals surface area (Å²) in [5, 5.41) is 5.23. The number of anilines is 1. The number of rotatable bonds is 3. The molecule has 0 aliphatic carbocycles. The van der Waals surface area contributed by atoms with E-state index < -0.39 is 23.3 Å². The maximum Gasteiger partial charge on any atom is 0.329 e. The lowest BCUT2D eigenvalue weighted by atomic mass is 9.98. The molecule has 24 heavy (non-hydrogen) atoms. The minimum absolute atomic E-state index is 0.0486. The zero-order valence-electron chi connectivity index (χ0n) is 13.5. The molecule has 1 aromatic carbocycles. The Morgan fingerprint density at radius 2 is 1.79 bits per heavy atom. The molecule has 0 bridgehead atoms. The van der Waals surface area contributed by atoms with Crippen LogP contribution in [0.3, 0.4) is 0 Å². The summed E-state index contributed by atoms with van der Waals surface area (Å²) >= 11 is 0. The number of hydrogen-bond donors (Lipinski definition) is 3. The van der Waals surface area contributed by atoms with E-state index in [9.17, 15) is 14.4 Å². The lowest BCUT2D eigenvalue weighted by Crippen LogP contribution is -2.46. The van der Waals surface area contributed by atoms with Crippen LogP contribution in [-0.4, -0.2) is 21.7 Å². The third kappa shape index (κ3) is 2.78. The van der Waals surface area contributed by atoms with Crippen LogP contribution in [0.25, 0.3) is 0 Å². The molecule has 1 unspecified atom stereocenters. The highest BCUT2D eigenvalue weighted by Crippen LogP contribution is 2.29. The minimum Gasteiger partial charge on any atom is -0.491 e. The molecule has 0 radical (unpaired) electrons. The van der Waals surface area contributed by atoms with Gasteiger partial charge in [-0.1, -0.05) is 12.1 Å². The largest absolute Gasteiger partial charge is 0.491 e. The smallest absolute Gasteiger partial charge is 0.329 e. The first-order valence-corrected chi connectivity index (χ1v) is 7.54. The van der Waals surface area contributed by atoms with E-state index in [1.165, 1.54) is 11.6 Å². The van der Waals surface area contributed by atoms with Crippen molar-refractivity contribution < 1.29 is 9.53 Å². The second kappa shape index (κ2) is 5.88. The topological polar surface area (TPSA) is 105 Å². The van der Waals surface area contributed by atoms with Crippen molar-refractivity contribution in [1.82, 2.24) is 14.9 Å². The molecule has 1 aromatic heterocycles. The summed E-state index contributed by atoms with van der Waals surface area (Å²) in [6, 6.07) is 5.98. The Morgan fingerprint density at radius 1 is 1.12 bits per heavy atom. The lowest BCUT2D eigenvalue weighted by molar-refractivity contribution is 0.242. The van der Waals surface area contributed by atoms with Crippen molar-refractivity contribution in [3.63, 3.8) is 0 Å². The van der Waals surface area contributed by atoms with Crippen LogP contribution >= 0.6 is 0 Å². The van der Waals surface area contributed by atoms with Crippen LogP contribution < -0.4 is 26.6 Å². The summed E-state index contributed by atoms with van der Waals surface area (Å²) in [4.78, 5) is 38.2. The highest BCUT2D eigenvalue weighted by atomic mass is 16.5. The van der Waals surface area contributed by atoms with E-state index >= 15 is 0 Å². The van der Waals surface area contributed by atoms with Crippen molar-refractivity contribution in [2.75, 3.05) is 5.32 Å². The number of amides is 2. The molecule has 3 N–H and O–H groups in total. The van der Waals surface area contributed by atoms with E-state index in [2.05, 4.69) is 15.6 Å². The van der Waals surface area contributed by atoms with Gasteiger partial charge in [-0.3, -0.25) is 19.7 Å². The Morgan fingerprint density at radius 3 is 2.42 bits per heavy atom. The number of hydrogen-bond acceptors (Lipinski definition) is 4. The summed E-state index contributed by atoms with van der Waals surface area (Å²) in [6.45, 7) is 3.86. The lowest BCUT2D eigenvalue weighted by Gasteiger charge is -2.27. The third-order valence-electron chi connectivity index (χ3n) is 3.74. The van der Waals surface area contributed by atoms with E-state index in [0.29, 0.717) is 11.3 Å². The van der Waals surface area contributed by atoms with E-state index in [-0.39, 0.29) is 17.5 Å². The molecule has 2 amide bonds. The zero-order chi connectivity index (χ0) is 17.4. The fourth-order valence-corrected chi connectivity index (χ4v) is 2.66. The Hall–Kier alpha value is -3.03. The Labute approximate surface area is 137 Å². The number of aromatic nitrogens is 2. The van der Waals surface area contributed by atoms with Crippen LogP contribution in [0, 0.1) is 0 Å². The number of H-pyrrole nitrogens is 1. The summed E-state index contributed by atoms with van der Waals surface area (Å²) in [7, 11) is 1.49. The molecule has 2 heterocycles. The second-order valence-corrected chi connectivity index (χ2v) is 5.85. The van der Waals surface area contributed by atoms with Crippen LogP contribution in [0.1, 0.15) is 31.0 Å². The van der Waals surface area contributed by atoms with Crippen LogP contribution in [0.2, 0.25) is 0 Å². The number of ether oxygens (including phenoxy) is 1. The molecular weight excluding hydrogens is 312 g/mol. The van der Waals surface area contributed by atoms with Crippen molar-refractivity contribution in [3.8, 4) is 5.75 Å². The van der Waals surface area contributed by atoms with E-state index in [1.54, 1.807) is 24.3 Å². The number of carbonyl (C=O) groups excluding carboxylic acids is 1. The predicted molar refractivity (Wildman–Crippen MR) is 88.5 cm³/mol. The molecule has 0 saturated heterocycles. The van der Waals surface area contributed by atoms with Crippen molar-refractivity contribution in [2.24, 2.45) is 7.05 Å². The minimum atomic E-state index is -0.655. The summed E-state index contributed by atoms with van der Waals surface area (Å²) in [6.07, 6.45) is 0.0486. The molecule has 3 rings (SSSR count). The fourth-order valence-electron chi connectivity index (χ4n) is 2.66. The maximum atomic E-state index is 12.3. The standard InChI is InChI=1S/C16H18N4O4/c1-8(2)24-10-6-4-9(5-7-10)12-11-13(18-15(22)17-12)20(3)16(23)19-14(11)21/h4-8,12H,1-3H3,(H2,17,18,22)(H,19,21,23). The van der Waals surface area contributed by atoms with Gasteiger partial charge in [0.05, 0.1) is 17.7 Å². The summed E-state index contributed by atoms with van der Waals surface area (Å²) in [5.74, 6) is 0.892. The first-order valence-electron chi connectivity index (χ1n) is 7.54. The Bertz CT molecular complexity index is 896. The molecule has 1 aliphatic rings. The van der Waals surface area contributed by atoms with Gasteiger partial charge in [-0.15, -0.1) is 0 Å². The molecule has 0 spiro atoms. The van der Waals surface area contributed by atoms with Gasteiger partial charge >= 0.3 is 11.7 Å². The molecule has 8 heteroatoms. The van der Waals surface area contributed by atoms with Crippen LogP contribution in [0.15, 0.2) is 33.9 Å². The Kier molecular flexibility index (Phi) is 3.88. The van der Waals surface area contributed by atoms with Crippen molar-refractivity contribution in [2.45, 2.75) is 26.0 Å². The highest BCUT2D eigenvalue weighted by molar-refractivity contribution is 5.92. The number of nitrogens with one attached hydrogen (secondary N) is 3. The van der Waals surface area contributed by atoms with E-state index in [1.807, 2.05) is 13.8 Å². The SMILES string of the molecule is CC(C)Oc1ccc(C2NC(=O)Nc3c2c(=O)[nH]c(=O)n3C)cc1. The average Bonchev–Trinajstić information content (AvgIpc) is 2.52. The fraction of sp³-hybridized carbons (Fsp3) is 0.312. The molecular formula is C16H18N4O4. The number of aromatic amines is 1. The molecule has 1 atom stereocenters. The summed E-state index contributed by atoms with van der Waals surface area (Å²) in [5.41, 5.74) is -0.117. The van der Waals surface area contributed by atoms with Gasteiger partial charge in [0, 0.05) is 7.05 Å². The van der Waals surface area contributed by atoms with E-state index in [4.69, 9.17) is 4.74 Å². The van der Waals surface area contributed by atoms with Gasteiger partial charge in [-0.05, 0) is 31.5 Å². The van der Waals surface area contributed by atoms with Gasteiger partial charge in [-0.2, -0.15) is 0 Å². The van der Waals surface area contributed by atoms with E-state index in [0.717, 1.165) is 0 Å². The first kappa shape index (κ1) is 15.9. The Balaban J connectivity index is 2.08. The monoisotopic (exact) mass is 330 g/mol. The van der Waals surface area contributed by atoms with Gasteiger partial charge in [0.25, 0.3) is 5.56 Å². The molecule has 0 fully saturated rings. The molecule has 0 saturated carbocycles. The van der Waals surface area contributed by atoms with Crippen molar-refractivity contribution in [3.05, 3.63) is 56.2 Å². The number of fused-ring (bicyclic) bond motifs is 1. The van der Waals surface area contributed by atoms with Crippen LogP contribution in [-0.2, 0) is 7.05 Å². The number of benzene rings is 1. The molecule has 126 valence electrons. The number of carbonyl (C=O) groups is 1. The van der Waals surface area contributed by atoms with Gasteiger partial charge in [-0.25, -0.2) is 9.59 Å². The summed E-state index contributed by atoms with van der Waals surface area (Å²) < 4.78 is 6.80. The van der Waals surface area contributed by atoms with Gasteiger partial charge in [0.15, 0.2) is 0 Å². The normalized spacial score (nSPS) is 16.3. The van der Waals surface area contributed by atoms with Crippen molar-refractivity contribution >= 4 is 11.8 Å². The van der Waals surface area contributed by atoms with Gasteiger partial charge < -0.3 is 10.1 Å². The number of urea groups is 1. The van der Waals surface area contributed by atoms with Crippen molar-refractivity contribution in [1.29, 1.82) is 0 Å². The average molecular weight is 330 g/mol. The molecule has 2 aromatic rings. The maximum absolute atomic E-state index is 12.3. The number of nitrogens with zero attached hydrogens (tertiary/aromatic N) is 1. The van der Waals surface area contributed by atoms with Crippen LogP contribution in [0.4, 0.5) is 10.6 Å². The van der Waals surface area contributed by atoms with Crippen LogP contribution in [0.5, 0.6) is 5.75 Å². The second-order valence-electron chi connectivity index (χ2n) is 5.85. The quantitative estimate of drug-likeness (QED) is 0.783.